The summed E-state index contributed by atoms with van der Waals surface area (Å²) >= 11 is 0. The van der Waals surface area contributed by atoms with Crippen molar-refractivity contribution >= 4 is 12.6 Å². The average molecular weight is 280 g/mol. The smallest absolute Gasteiger partial charge is 0.399 e. The van der Waals surface area contributed by atoms with Crippen molar-refractivity contribution < 1.29 is 16.8 Å². The van der Waals surface area contributed by atoms with Gasteiger partial charge in [0.15, 0.2) is 0 Å². The summed E-state index contributed by atoms with van der Waals surface area (Å²) < 4.78 is 35.5. The van der Waals surface area contributed by atoms with E-state index >= 15 is 0 Å². The normalized spacial score (nSPS) is 27.5. The second kappa shape index (κ2) is 4.86. The summed E-state index contributed by atoms with van der Waals surface area (Å²) in [4.78, 5) is 0. The molecule has 0 bridgehead atoms. The Labute approximate surface area is 123 Å². The lowest BCUT2D eigenvalue weighted by Gasteiger charge is -2.32. The van der Waals surface area contributed by atoms with E-state index in [9.17, 15) is 0 Å². The second-order valence-corrected chi connectivity index (χ2v) is 6.51. The SMILES string of the molecule is [2H]c1nn(C2CCOCC2)c([2H])c1B1OC(C)(C)C(C)(C)O1. The molecule has 0 N–H and O–H groups in total. The fraction of sp³-hybridized carbons (Fsp3) is 0.786. The molecule has 0 amide bonds. The van der Waals surface area contributed by atoms with Crippen molar-refractivity contribution in [2.24, 2.45) is 0 Å². The third-order valence-electron chi connectivity index (χ3n) is 4.54. The number of nitrogens with zero attached hydrogens (tertiary/aromatic N) is 2. The highest BCUT2D eigenvalue weighted by atomic mass is 16.7. The number of ether oxygens (including phenoxy) is 1. The molecule has 0 aromatic carbocycles. The van der Waals surface area contributed by atoms with Crippen LogP contribution in [0.3, 0.4) is 0 Å². The molecule has 5 nitrogen and oxygen atoms in total. The van der Waals surface area contributed by atoms with Crippen LogP contribution in [0.5, 0.6) is 0 Å². The van der Waals surface area contributed by atoms with Gasteiger partial charge < -0.3 is 14.0 Å². The van der Waals surface area contributed by atoms with E-state index in [0.29, 0.717) is 18.7 Å². The van der Waals surface area contributed by atoms with Crippen LogP contribution >= 0.6 is 0 Å². The standard InChI is InChI=1S/C14H23BN2O3/c1-13(2)14(3,4)20-15(19-13)11-9-16-17(10-11)12-5-7-18-8-6-12/h9-10,12H,5-8H2,1-4H3/i9D,10D. The average Bonchev–Trinajstić information content (AvgIpc) is 2.84. The predicted molar refractivity (Wildman–Crippen MR) is 77.0 cm³/mol. The van der Waals surface area contributed by atoms with E-state index in [1.165, 1.54) is 0 Å². The molecule has 110 valence electrons. The van der Waals surface area contributed by atoms with Crippen LogP contribution in [0.4, 0.5) is 0 Å². The second-order valence-electron chi connectivity index (χ2n) is 6.51. The maximum Gasteiger partial charge on any atom is 0.498 e. The third kappa shape index (κ3) is 2.40. The van der Waals surface area contributed by atoms with Crippen molar-refractivity contribution in [3.8, 4) is 0 Å². The van der Waals surface area contributed by atoms with Gasteiger partial charge in [-0.2, -0.15) is 5.10 Å². The highest BCUT2D eigenvalue weighted by Gasteiger charge is 2.52. The van der Waals surface area contributed by atoms with E-state index in [1.807, 2.05) is 27.7 Å². The van der Waals surface area contributed by atoms with E-state index in [-0.39, 0.29) is 18.4 Å². The summed E-state index contributed by atoms with van der Waals surface area (Å²) in [6.45, 7) is 9.19. The van der Waals surface area contributed by atoms with Crippen LogP contribution in [0, 0.1) is 0 Å². The van der Waals surface area contributed by atoms with Gasteiger partial charge in [-0.1, -0.05) is 0 Å². The Morgan fingerprint density at radius 3 is 2.45 bits per heavy atom. The minimum Gasteiger partial charge on any atom is -0.399 e. The Morgan fingerprint density at radius 2 is 1.85 bits per heavy atom. The first kappa shape index (κ1) is 11.8. The lowest BCUT2D eigenvalue weighted by molar-refractivity contribution is 0.00578. The van der Waals surface area contributed by atoms with Crippen LogP contribution in [0.15, 0.2) is 12.3 Å². The number of hydrogen-bond acceptors (Lipinski definition) is 4. The highest BCUT2D eigenvalue weighted by Crippen LogP contribution is 2.36. The Morgan fingerprint density at radius 1 is 1.25 bits per heavy atom. The van der Waals surface area contributed by atoms with Crippen molar-refractivity contribution in [2.75, 3.05) is 13.2 Å². The van der Waals surface area contributed by atoms with Crippen molar-refractivity contribution in [3.05, 3.63) is 12.3 Å². The lowest BCUT2D eigenvalue weighted by atomic mass is 9.82. The van der Waals surface area contributed by atoms with Crippen molar-refractivity contribution in [1.29, 1.82) is 0 Å². The number of hydrogen-bond donors (Lipinski definition) is 0. The largest absolute Gasteiger partial charge is 0.498 e. The van der Waals surface area contributed by atoms with E-state index in [1.54, 1.807) is 4.68 Å². The summed E-state index contributed by atoms with van der Waals surface area (Å²) in [6, 6.07) is 0.113. The summed E-state index contributed by atoms with van der Waals surface area (Å²) in [7, 11) is -0.710. The Hall–Kier alpha value is -0.845. The highest BCUT2D eigenvalue weighted by molar-refractivity contribution is 6.61. The summed E-state index contributed by atoms with van der Waals surface area (Å²) in [5, 5.41) is 4.25. The van der Waals surface area contributed by atoms with Gasteiger partial charge in [0.25, 0.3) is 0 Å². The molecule has 0 aliphatic carbocycles. The molecule has 1 aromatic heterocycles. The maximum absolute atomic E-state index is 8.41. The zero-order valence-electron chi connectivity index (χ0n) is 14.6. The quantitative estimate of drug-likeness (QED) is 0.771. The van der Waals surface area contributed by atoms with Gasteiger partial charge in [-0.3, -0.25) is 4.68 Å². The van der Waals surface area contributed by atoms with Crippen molar-refractivity contribution in [1.82, 2.24) is 9.78 Å². The molecule has 0 spiro atoms. The molecule has 0 unspecified atom stereocenters. The molecule has 6 heteroatoms. The van der Waals surface area contributed by atoms with Gasteiger partial charge in [0.05, 0.1) is 20.0 Å². The topological polar surface area (TPSA) is 45.5 Å². The van der Waals surface area contributed by atoms with Gasteiger partial charge >= 0.3 is 7.12 Å². The fourth-order valence-corrected chi connectivity index (χ4v) is 2.45. The molecular weight excluding hydrogens is 255 g/mol. The number of aromatic nitrogens is 2. The molecule has 2 fully saturated rings. The van der Waals surface area contributed by atoms with Gasteiger partial charge in [-0.15, -0.1) is 0 Å². The molecule has 0 radical (unpaired) electrons. The van der Waals surface area contributed by atoms with Crippen LogP contribution in [-0.2, 0) is 14.0 Å². The van der Waals surface area contributed by atoms with Crippen molar-refractivity contribution in [3.63, 3.8) is 0 Å². The Bertz CT molecular complexity index is 555. The zero-order chi connectivity index (χ0) is 16.1. The predicted octanol–water partition coefficient (Wildman–Crippen LogP) is 1.53. The lowest BCUT2D eigenvalue weighted by Crippen LogP contribution is -2.41. The summed E-state index contributed by atoms with van der Waals surface area (Å²) in [5.41, 5.74) is -0.556. The van der Waals surface area contributed by atoms with E-state index in [0.717, 1.165) is 12.8 Å². The maximum atomic E-state index is 8.41. The Balaban J connectivity index is 1.91. The molecule has 20 heavy (non-hydrogen) atoms. The van der Waals surface area contributed by atoms with Crippen molar-refractivity contribution in [2.45, 2.75) is 57.8 Å². The Kier molecular flexibility index (Phi) is 2.86. The van der Waals surface area contributed by atoms with Gasteiger partial charge in [0.1, 0.15) is 0 Å². The molecule has 1 aromatic rings. The third-order valence-corrected chi connectivity index (χ3v) is 4.54. The first-order valence-electron chi connectivity index (χ1n) is 8.22. The first-order valence-corrected chi connectivity index (χ1v) is 7.22. The molecule has 3 rings (SSSR count). The molecule has 0 saturated carbocycles. The van der Waals surface area contributed by atoms with Crippen LogP contribution in [-0.4, -0.2) is 41.3 Å². The molecule has 0 atom stereocenters. The summed E-state index contributed by atoms with van der Waals surface area (Å²) in [6.07, 6.45) is 1.91. The summed E-state index contributed by atoms with van der Waals surface area (Å²) in [5.74, 6) is 0. The van der Waals surface area contributed by atoms with Crippen LogP contribution in [0.25, 0.3) is 0 Å². The van der Waals surface area contributed by atoms with Gasteiger partial charge in [-0.25, -0.2) is 0 Å². The fourth-order valence-electron chi connectivity index (χ4n) is 2.45. The molecular formula is C14H23BN2O3. The number of rotatable bonds is 2. The van der Waals surface area contributed by atoms with Crippen LogP contribution in [0.1, 0.15) is 49.3 Å². The van der Waals surface area contributed by atoms with E-state index in [2.05, 4.69) is 5.10 Å². The van der Waals surface area contributed by atoms with Gasteiger partial charge in [0, 0.05) is 31.0 Å². The van der Waals surface area contributed by atoms with Gasteiger partial charge in [0.2, 0.25) is 0 Å². The molecule has 2 saturated heterocycles. The van der Waals surface area contributed by atoms with Crippen LogP contribution in [0.2, 0.25) is 0 Å². The first-order chi connectivity index (χ1) is 10.2. The van der Waals surface area contributed by atoms with Gasteiger partial charge in [-0.05, 0) is 40.5 Å². The van der Waals surface area contributed by atoms with E-state index in [4.69, 9.17) is 16.8 Å². The molecule has 2 aliphatic heterocycles. The minimum atomic E-state index is -0.710. The minimum absolute atomic E-state index is 0.0648. The monoisotopic (exact) mass is 280 g/mol. The van der Waals surface area contributed by atoms with E-state index < -0.39 is 18.3 Å². The molecule has 3 heterocycles. The zero-order valence-corrected chi connectivity index (χ0v) is 12.6. The van der Waals surface area contributed by atoms with Crippen LogP contribution < -0.4 is 5.46 Å². The molecule has 2 aliphatic rings.